The highest BCUT2D eigenvalue weighted by Crippen LogP contribution is 2.24. The van der Waals surface area contributed by atoms with E-state index in [4.69, 9.17) is 0 Å². The van der Waals surface area contributed by atoms with Gasteiger partial charge in [-0.2, -0.15) is 0 Å². The van der Waals surface area contributed by atoms with Crippen molar-refractivity contribution >= 4 is 17.2 Å². The molecule has 0 bridgehead atoms. The molecule has 4 heteroatoms. The topological polar surface area (TPSA) is 41.1 Å². The molecule has 1 aliphatic rings. The van der Waals surface area contributed by atoms with Gasteiger partial charge in [0.25, 0.3) is 5.91 Å². The molecule has 0 saturated carbocycles. The van der Waals surface area contributed by atoms with E-state index in [1.165, 1.54) is 10.4 Å². The van der Waals surface area contributed by atoms with E-state index < -0.39 is 0 Å². The first-order valence-electron chi connectivity index (χ1n) is 7.37. The standard InChI is InChI=1S/C15H24N2OS/c1-3-6-13-11(4-2)9-14(19-13)15(18)17-12-7-5-8-16-10-12/h9,12,16H,3-8,10H2,1-2H3,(H,17,18). The number of aryl methyl sites for hydroxylation is 2. The van der Waals surface area contributed by atoms with Gasteiger partial charge in [0.15, 0.2) is 0 Å². The summed E-state index contributed by atoms with van der Waals surface area (Å²) >= 11 is 1.67. The van der Waals surface area contributed by atoms with Gasteiger partial charge in [0.1, 0.15) is 0 Å². The predicted molar refractivity (Wildman–Crippen MR) is 81.0 cm³/mol. The summed E-state index contributed by atoms with van der Waals surface area (Å²) in [4.78, 5) is 14.5. The van der Waals surface area contributed by atoms with Crippen LogP contribution in [0.4, 0.5) is 0 Å². The summed E-state index contributed by atoms with van der Waals surface area (Å²) in [6, 6.07) is 2.38. The van der Waals surface area contributed by atoms with Gasteiger partial charge in [0, 0.05) is 17.5 Å². The number of carbonyl (C=O) groups is 1. The quantitative estimate of drug-likeness (QED) is 0.871. The molecule has 1 saturated heterocycles. The zero-order valence-electron chi connectivity index (χ0n) is 11.9. The first kappa shape index (κ1) is 14.5. The molecule has 0 spiro atoms. The Hall–Kier alpha value is -0.870. The van der Waals surface area contributed by atoms with Crippen LogP contribution in [0, 0.1) is 0 Å². The fraction of sp³-hybridized carbons (Fsp3) is 0.667. The maximum absolute atomic E-state index is 12.3. The van der Waals surface area contributed by atoms with Gasteiger partial charge in [-0.3, -0.25) is 4.79 Å². The maximum Gasteiger partial charge on any atom is 0.261 e. The second kappa shape index (κ2) is 7.06. The van der Waals surface area contributed by atoms with Gasteiger partial charge in [-0.05, 0) is 43.9 Å². The van der Waals surface area contributed by atoms with E-state index >= 15 is 0 Å². The fourth-order valence-electron chi connectivity index (χ4n) is 2.55. The monoisotopic (exact) mass is 280 g/mol. The van der Waals surface area contributed by atoms with E-state index in [2.05, 4.69) is 30.5 Å². The number of rotatable bonds is 5. The van der Waals surface area contributed by atoms with Crippen LogP contribution in [0.25, 0.3) is 0 Å². The third kappa shape index (κ3) is 3.80. The van der Waals surface area contributed by atoms with Crippen LogP contribution < -0.4 is 10.6 Å². The molecule has 2 N–H and O–H groups in total. The second-order valence-corrected chi connectivity index (χ2v) is 6.32. The van der Waals surface area contributed by atoms with Crippen molar-refractivity contribution in [2.45, 2.75) is 52.0 Å². The Kier molecular flexibility index (Phi) is 5.40. The van der Waals surface area contributed by atoms with Crippen molar-refractivity contribution in [3.05, 3.63) is 21.4 Å². The molecule has 0 aliphatic carbocycles. The van der Waals surface area contributed by atoms with Crippen LogP contribution in [0.2, 0.25) is 0 Å². The van der Waals surface area contributed by atoms with E-state index in [1.807, 2.05) is 0 Å². The molecular formula is C15H24N2OS. The number of hydrogen-bond donors (Lipinski definition) is 2. The first-order valence-corrected chi connectivity index (χ1v) is 8.19. The maximum atomic E-state index is 12.3. The highest BCUT2D eigenvalue weighted by molar-refractivity contribution is 7.14. The summed E-state index contributed by atoms with van der Waals surface area (Å²) < 4.78 is 0. The molecular weight excluding hydrogens is 256 g/mol. The molecule has 1 fully saturated rings. The number of hydrogen-bond acceptors (Lipinski definition) is 3. The molecule has 0 radical (unpaired) electrons. The lowest BCUT2D eigenvalue weighted by molar-refractivity contribution is 0.0935. The van der Waals surface area contributed by atoms with Crippen molar-refractivity contribution in [1.82, 2.24) is 10.6 Å². The molecule has 1 aliphatic heterocycles. The van der Waals surface area contributed by atoms with E-state index in [1.54, 1.807) is 11.3 Å². The number of amides is 1. The van der Waals surface area contributed by atoms with Crippen LogP contribution in [0.1, 0.15) is 53.2 Å². The van der Waals surface area contributed by atoms with Gasteiger partial charge < -0.3 is 10.6 Å². The molecule has 1 aromatic rings. The average molecular weight is 280 g/mol. The van der Waals surface area contributed by atoms with Crippen molar-refractivity contribution in [3.63, 3.8) is 0 Å². The lowest BCUT2D eigenvalue weighted by atomic mass is 10.1. The van der Waals surface area contributed by atoms with Crippen molar-refractivity contribution < 1.29 is 4.79 Å². The van der Waals surface area contributed by atoms with Crippen LogP contribution >= 0.6 is 11.3 Å². The summed E-state index contributed by atoms with van der Waals surface area (Å²) in [6.45, 7) is 6.33. The summed E-state index contributed by atoms with van der Waals surface area (Å²) in [5.74, 6) is 0.107. The summed E-state index contributed by atoms with van der Waals surface area (Å²) in [6.07, 6.45) is 5.49. The van der Waals surface area contributed by atoms with Crippen LogP contribution in [0.3, 0.4) is 0 Å². The fourth-order valence-corrected chi connectivity index (χ4v) is 3.81. The highest BCUT2D eigenvalue weighted by Gasteiger charge is 2.18. The lowest BCUT2D eigenvalue weighted by Crippen LogP contribution is -2.45. The molecule has 106 valence electrons. The molecule has 2 heterocycles. The minimum Gasteiger partial charge on any atom is -0.347 e. The zero-order valence-corrected chi connectivity index (χ0v) is 12.7. The molecule has 3 nitrogen and oxygen atoms in total. The molecule has 19 heavy (non-hydrogen) atoms. The third-order valence-corrected chi connectivity index (χ3v) is 4.85. The number of thiophene rings is 1. The van der Waals surface area contributed by atoms with Crippen molar-refractivity contribution in [2.75, 3.05) is 13.1 Å². The van der Waals surface area contributed by atoms with Crippen LogP contribution in [0.15, 0.2) is 6.07 Å². The zero-order chi connectivity index (χ0) is 13.7. The number of nitrogens with one attached hydrogen (secondary N) is 2. The van der Waals surface area contributed by atoms with Gasteiger partial charge in [-0.25, -0.2) is 0 Å². The van der Waals surface area contributed by atoms with Gasteiger partial charge in [0.2, 0.25) is 0 Å². The lowest BCUT2D eigenvalue weighted by Gasteiger charge is -2.23. The van der Waals surface area contributed by atoms with Gasteiger partial charge in [-0.15, -0.1) is 11.3 Å². The number of carbonyl (C=O) groups excluding carboxylic acids is 1. The Morgan fingerprint density at radius 3 is 3.00 bits per heavy atom. The Labute approximate surface area is 119 Å². The van der Waals surface area contributed by atoms with Gasteiger partial charge >= 0.3 is 0 Å². The van der Waals surface area contributed by atoms with Crippen molar-refractivity contribution in [1.29, 1.82) is 0 Å². The van der Waals surface area contributed by atoms with Gasteiger partial charge in [0.05, 0.1) is 4.88 Å². The highest BCUT2D eigenvalue weighted by atomic mass is 32.1. The van der Waals surface area contributed by atoms with E-state index in [9.17, 15) is 4.79 Å². The Morgan fingerprint density at radius 1 is 1.53 bits per heavy atom. The molecule has 1 atom stereocenters. The minimum atomic E-state index is 0.107. The predicted octanol–water partition coefficient (Wildman–Crippen LogP) is 2.74. The van der Waals surface area contributed by atoms with E-state index in [0.717, 1.165) is 50.1 Å². The average Bonchev–Trinajstić information content (AvgIpc) is 2.83. The van der Waals surface area contributed by atoms with Crippen LogP contribution in [-0.2, 0) is 12.8 Å². The van der Waals surface area contributed by atoms with Crippen LogP contribution in [-0.4, -0.2) is 25.0 Å². The Balaban J connectivity index is 2.01. The van der Waals surface area contributed by atoms with Crippen LogP contribution in [0.5, 0.6) is 0 Å². The molecule has 1 amide bonds. The van der Waals surface area contributed by atoms with Crippen molar-refractivity contribution in [2.24, 2.45) is 0 Å². The third-order valence-electron chi connectivity index (χ3n) is 3.61. The Morgan fingerprint density at radius 2 is 2.37 bits per heavy atom. The number of piperidine rings is 1. The smallest absolute Gasteiger partial charge is 0.261 e. The van der Waals surface area contributed by atoms with E-state index in [-0.39, 0.29) is 5.91 Å². The molecule has 0 aromatic carbocycles. The molecule has 2 rings (SSSR count). The first-order chi connectivity index (χ1) is 9.24. The normalized spacial score (nSPS) is 19.4. The largest absolute Gasteiger partial charge is 0.347 e. The summed E-state index contributed by atoms with van der Waals surface area (Å²) in [7, 11) is 0. The SMILES string of the molecule is CCCc1sc(C(=O)NC2CCCNC2)cc1CC. The molecule has 1 unspecified atom stereocenters. The summed E-state index contributed by atoms with van der Waals surface area (Å²) in [5, 5.41) is 6.48. The molecule has 1 aromatic heterocycles. The summed E-state index contributed by atoms with van der Waals surface area (Å²) in [5.41, 5.74) is 1.35. The van der Waals surface area contributed by atoms with Gasteiger partial charge in [-0.1, -0.05) is 20.3 Å². The van der Waals surface area contributed by atoms with E-state index in [0.29, 0.717) is 6.04 Å². The Bertz CT molecular complexity index is 422. The minimum absolute atomic E-state index is 0.107. The van der Waals surface area contributed by atoms with Crippen molar-refractivity contribution in [3.8, 4) is 0 Å². The second-order valence-electron chi connectivity index (χ2n) is 5.18.